The fourth-order valence-corrected chi connectivity index (χ4v) is 2.53. The van der Waals surface area contributed by atoms with Gasteiger partial charge in [-0.1, -0.05) is 12.1 Å². The molecule has 0 spiro atoms. The van der Waals surface area contributed by atoms with Gasteiger partial charge in [0.1, 0.15) is 6.33 Å². The van der Waals surface area contributed by atoms with Gasteiger partial charge in [0, 0.05) is 18.5 Å². The molecule has 6 nitrogen and oxygen atoms in total. The van der Waals surface area contributed by atoms with Crippen molar-refractivity contribution in [1.29, 1.82) is 0 Å². The van der Waals surface area contributed by atoms with E-state index in [1.807, 2.05) is 23.6 Å². The predicted octanol–water partition coefficient (Wildman–Crippen LogP) is 2.57. The topological polar surface area (TPSA) is 62.1 Å². The molecule has 3 heterocycles. The Morgan fingerprint density at radius 2 is 2.24 bits per heavy atom. The second-order valence-corrected chi connectivity index (χ2v) is 4.83. The van der Waals surface area contributed by atoms with Crippen molar-refractivity contribution < 1.29 is 9.47 Å². The number of hydrogen-bond acceptors (Lipinski definition) is 5. The summed E-state index contributed by atoms with van der Waals surface area (Å²) in [5, 5.41) is 0. The number of fused-ring (bicyclic) bond motifs is 2. The molecule has 0 N–H and O–H groups in total. The Kier molecular flexibility index (Phi) is 2.73. The Bertz CT molecular complexity index is 813. The minimum absolute atomic E-state index is 0.455. The monoisotopic (exact) mass is 282 g/mol. The van der Waals surface area contributed by atoms with E-state index in [1.165, 1.54) is 6.33 Å². The van der Waals surface area contributed by atoms with Crippen molar-refractivity contribution in [3.8, 4) is 17.4 Å². The molecule has 0 radical (unpaired) electrons. The predicted molar refractivity (Wildman–Crippen MR) is 76.7 cm³/mol. The van der Waals surface area contributed by atoms with Crippen molar-refractivity contribution in [1.82, 2.24) is 19.5 Å². The SMILES string of the molecule is CCn1cnc2c(Oc3cccc4c3OCC4)ncnc21. The van der Waals surface area contributed by atoms with Crippen molar-refractivity contribution in [3.05, 3.63) is 36.4 Å². The first kappa shape index (κ1) is 12.1. The summed E-state index contributed by atoms with van der Waals surface area (Å²) < 4.78 is 13.5. The average Bonchev–Trinajstić information content (AvgIpc) is 3.14. The van der Waals surface area contributed by atoms with Gasteiger partial charge in [0.2, 0.25) is 0 Å². The summed E-state index contributed by atoms with van der Waals surface area (Å²) in [6.45, 7) is 3.54. The maximum atomic E-state index is 5.94. The van der Waals surface area contributed by atoms with Crippen LogP contribution in [0.25, 0.3) is 11.2 Å². The Morgan fingerprint density at radius 1 is 1.29 bits per heavy atom. The molecule has 0 saturated carbocycles. The van der Waals surface area contributed by atoms with E-state index in [-0.39, 0.29) is 0 Å². The second kappa shape index (κ2) is 4.73. The summed E-state index contributed by atoms with van der Waals surface area (Å²) in [6, 6.07) is 5.90. The van der Waals surface area contributed by atoms with Crippen LogP contribution in [0.2, 0.25) is 0 Å². The molecule has 0 atom stereocenters. The molecule has 0 unspecified atom stereocenters. The summed E-state index contributed by atoms with van der Waals surface area (Å²) in [4.78, 5) is 12.8. The minimum Gasteiger partial charge on any atom is -0.489 e. The number of ether oxygens (including phenoxy) is 2. The van der Waals surface area contributed by atoms with Crippen LogP contribution >= 0.6 is 0 Å². The van der Waals surface area contributed by atoms with Crippen molar-refractivity contribution in [2.45, 2.75) is 19.9 Å². The zero-order chi connectivity index (χ0) is 14.2. The van der Waals surface area contributed by atoms with Crippen molar-refractivity contribution in [2.75, 3.05) is 6.61 Å². The molecule has 0 amide bonds. The van der Waals surface area contributed by atoms with Gasteiger partial charge in [-0.3, -0.25) is 0 Å². The highest BCUT2D eigenvalue weighted by Gasteiger charge is 2.19. The van der Waals surface area contributed by atoms with E-state index in [0.29, 0.717) is 23.8 Å². The molecule has 21 heavy (non-hydrogen) atoms. The Labute approximate surface area is 121 Å². The number of para-hydroxylation sites is 1. The molecule has 6 heteroatoms. The third-order valence-electron chi connectivity index (χ3n) is 3.59. The molecule has 3 aromatic rings. The van der Waals surface area contributed by atoms with Crippen LogP contribution in [0.1, 0.15) is 12.5 Å². The maximum absolute atomic E-state index is 5.94. The number of hydrogen-bond donors (Lipinski definition) is 0. The normalized spacial score (nSPS) is 13.2. The van der Waals surface area contributed by atoms with Crippen LogP contribution in [-0.4, -0.2) is 26.1 Å². The van der Waals surface area contributed by atoms with E-state index in [4.69, 9.17) is 9.47 Å². The minimum atomic E-state index is 0.455. The lowest BCUT2D eigenvalue weighted by molar-refractivity contribution is 0.336. The summed E-state index contributed by atoms with van der Waals surface area (Å²) in [7, 11) is 0. The van der Waals surface area contributed by atoms with Gasteiger partial charge in [0.15, 0.2) is 22.7 Å². The maximum Gasteiger partial charge on any atom is 0.251 e. The number of imidazole rings is 1. The summed E-state index contributed by atoms with van der Waals surface area (Å²) in [5.41, 5.74) is 2.60. The van der Waals surface area contributed by atoms with Gasteiger partial charge in [0.05, 0.1) is 12.9 Å². The van der Waals surface area contributed by atoms with Gasteiger partial charge in [0.25, 0.3) is 5.88 Å². The van der Waals surface area contributed by atoms with Gasteiger partial charge < -0.3 is 14.0 Å². The molecule has 0 saturated heterocycles. The van der Waals surface area contributed by atoms with Crippen LogP contribution in [0, 0.1) is 0 Å². The fourth-order valence-electron chi connectivity index (χ4n) is 2.53. The summed E-state index contributed by atoms with van der Waals surface area (Å²) in [6.07, 6.45) is 4.16. The summed E-state index contributed by atoms with van der Waals surface area (Å²) >= 11 is 0. The van der Waals surface area contributed by atoms with Gasteiger partial charge in [-0.25, -0.2) is 9.97 Å². The summed E-state index contributed by atoms with van der Waals surface area (Å²) in [5.74, 6) is 1.94. The molecule has 1 aliphatic heterocycles. The van der Waals surface area contributed by atoms with Crippen LogP contribution in [0.15, 0.2) is 30.9 Å². The fraction of sp³-hybridized carbons (Fsp3) is 0.267. The first-order valence-corrected chi connectivity index (χ1v) is 6.95. The van der Waals surface area contributed by atoms with E-state index in [2.05, 4.69) is 21.0 Å². The highest BCUT2D eigenvalue weighted by atomic mass is 16.5. The van der Waals surface area contributed by atoms with Gasteiger partial charge in [-0.05, 0) is 13.0 Å². The Hall–Kier alpha value is -2.63. The molecule has 0 fully saturated rings. The van der Waals surface area contributed by atoms with Crippen molar-refractivity contribution >= 4 is 11.2 Å². The smallest absolute Gasteiger partial charge is 0.251 e. The van der Waals surface area contributed by atoms with Crippen LogP contribution in [-0.2, 0) is 13.0 Å². The average molecular weight is 282 g/mol. The lowest BCUT2D eigenvalue weighted by Gasteiger charge is -2.09. The van der Waals surface area contributed by atoms with E-state index in [1.54, 1.807) is 6.33 Å². The highest BCUT2D eigenvalue weighted by Crippen LogP contribution is 2.38. The van der Waals surface area contributed by atoms with Crippen molar-refractivity contribution in [2.24, 2.45) is 0 Å². The third-order valence-corrected chi connectivity index (χ3v) is 3.59. The molecule has 1 aromatic carbocycles. The Balaban J connectivity index is 1.78. The van der Waals surface area contributed by atoms with Crippen LogP contribution in [0.3, 0.4) is 0 Å². The van der Waals surface area contributed by atoms with E-state index >= 15 is 0 Å². The third kappa shape index (κ3) is 1.91. The van der Waals surface area contributed by atoms with E-state index in [0.717, 1.165) is 29.9 Å². The van der Waals surface area contributed by atoms with Crippen molar-refractivity contribution in [3.63, 3.8) is 0 Å². The standard InChI is InChI=1S/C15H14N4O2/c1-2-19-9-18-12-14(19)16-8-17-15(12)21-11-5-3-4-10-6-7-20-13(10)11/h3-5,8-9H,2,6-7H2,1H3. The van der Waals surface area contributed by atoms with Gasteiger partial charge >= 0.3 is 0 Å². The first-order valence-electron chi connectivity index (χ1n) is 6.95. The first-order chi connectivity index (χ1) is 10.4. The van der Waals surface area contributed by atoms with Crippen LogP contribution in [0.4, 0.5) is 0 Å². The molecular weight excluding hydrogens is 268 g/mol. The zero-order valence-corrected chi connectivity index (χ0v) is 11.6. The molecule has 4 rings (SSSR count). The number of rotatable bonds is 3. The lowest BCUT2D eigenvalue weighted by Crippen LogP contribution is -1.96. The molecular formula is C15H14N4O2. The number of aromatic nitrogens is 4. The largest absolute Gasteiger partial charge is 0.489 e. The van der Waals surface area contributed by atoms with Gasteiger partial charge in [-0.15, -0.1) is 0 Å². The highest BCUT2D eigenvalue weighted by molar-refractivity contribution is 5.76. The Morgan fingerprint density at radius 3 is 3.14 bits per heavy atom. The molecule has 106 valence electrons. The number of aryl methyl sites for hydroxylation is 1. The molecule has 1 aliphatic rings. The van der Waals surface area contributed by atoms with E-state index in [9.17, 15) is 0 Å². The molecule has 0 aliphatic carbocycles. The van der Waals surface area contributed by atoms with E-state index < -0.39 is 0 Å². The molecule has 0 bridgehead atoms. The zero-order valence-electron chi connectivity index (χ0n) is 11.6. The van der Waals surface area contributed by atoms with Crippen LogP contribution in [0.5, 0.6) is 17.4 Å². The second-order valence-electron chi connectivity index (χ2n) is 4.83. The van der Waals surface area contributed by atoms with Gasteiger partial charge in [-0.2, -0.15) is 4.98 Å². The number of nitrogens with zero attached hydrogens (tertiary/aromatic N) is 4. The quantitative estimate of drug-likeness (QED) is 0.739. The molecule has 2 aromatic heterocycles. The number of benzene rings is 1. The van der Waals surface area contributed by atoms with Crippen LogP contribution < -0.4 is 9.47 Å². The lowest BCUT2D eigenvalue weighted by atomic mass is 10.1.